The number of likely N-dealkylation sites (tertiary alicyclic amines) is 1. The molecular formula is C16H24N6O2. The topological polar surface area (TPSA) is 78.1 Å². The first-order valence-corrected chi connectivity index (χ1v) is 8.36. The lowest BCUT2D eigenvalue weighted by Gasteiger charge is -2.30. The lowest BCUT2D eigenvalue weighted by atomic mass is 9.96. The Balaban J connectivity index is 1.73. The number of ether oxygens (including phenoxy) is 1. The molecular weight excluding hydrogens is 308 g/mol. The predicted molar refractivity (Wildman–Crippen MR) is 87.7 cm³/mol. The molecule has 0 aliphatic carbocycles. The van der Waals surface area contributed by atoms with Gasteiger partial charge < -0.3 is 18.8 Å². The van der Waals surface area contributed by atoms with Crippen LogP contribution in [-0.2, 0) is 17.8 Å². The van der Waals surface area contributed by atoms with E-state index in [2.05, 4.69) is 31.2 Å². The second-order valence-electron chi connectivity index (χ2n) is 6.05. The molecule has 0 spiro atoms. The van der Waals surface area contributed by atoms with Gasteiger partial charge >= 0.3 is 6.09 Å². The third kappa shape index (κ3) is 3.13. The van der Waals surface area contributed by atoms with Gasteiger partial charge in [0, 0.05) is 37.9 Å². The molecule has 0 N–H and O–H groups in total. The Bertz CT molecular complexity index is 699. The number of aryl methyl sites for hydroxylation is 1. The summed E-state index contributed by atoms with van der Waals surface area (Å²) in [5.41, 5.74) is 0. The highest BCUT2D eigenvalue weighted by Gasteiger charge is 2.28. The molecule has 130 valence electrons. The molecule has 1 saturated heterocycles. The first-order chi connectivity index (χ1) is 11.6. The van der Waals surface area contributed by atoms with E-state index in [1.165, 1.54) is 7.11 Å². The number of hydrogen-bond donors (Lipinski definition) is 0. The largest absolute Gasteiger partial charge is 0.453 e. The van der Waals surface area contributed by atoms with Crippen molar-refractivity contribution >= 4 is 6.09 Å². The minimum atomic E-state index is -0.248. The summed E-state index contributed by atoms with van der Waals surface area (Å²) >= 11 is 0. The normalized spacial score (nSPS) is 15.7. The van der Waals surface area contributed by atoms with Crippen molar-refractivity contribution < 1.29 is 9.53 Å². The number of carbonyl (C=O) groups is 1. The summed E-state index contributed by atoms with van der Waals surface area (Å²) in [5, 5.41) is 8.86. The van der Waals surface area contributed by atoms with Crippen molar-refractivity contribution in [2.45, 2.75) is 45.7 Å². The number of rotatable bonds is 4. The highest BCUT2D eigenvalue weighted by Crippen LogP contribution is 2.27. The fourth-order valence-corrected chi connectivity index (χ4v) is 3.29. The third-order valence-electron chi connectivity index (χ3n) is 4.70. The minimum absolute atomic E-state index is 0.248. The molecule has 8 heteroatoms. The summed E-state index contributed by atoms with van der Waals surface area (Å²) < 4.78 is 9.06. The summed E-state index contributed by atoms with van der Waals surface area (Å²) in [7, 11) is 1.42. The maximum atomic E-state index is 11.6. The average Bonchev–Trinajstić information content (AvgIpc) is 3.21. The van der Waals surface area contributed by atoms with E-state index in [-0.39, 0.29) is 6.09 Å². The van der Waals surface area contributed by atoms with Crippen LogP contribution in [-0.4, -0.2) is 55.5 Å². The molecule has 0 atom stereocenters. The molecule has 3 heterocycles. The molecule has 1 aliphatic rings. The zero-order valence-corrected chi connectivity index (χ0v) is 14.5. The quantitative estimate of drug-likeness (QED) is 0.853. The number of methoxy groups -OCH3 is 1. The number of aromatic nitrogens is 5. The molecule has 0 aromatic carbocycles. The van der Waals surface area contributed by atoms with Crippen molar-refractivity contribution in [2.24, 2.45) is 0 Å². The standard InChI is InChI=1S/C16H24N6O2/c1-4-22-14(11-21-10-7-17-12(21)2)18-19-15(22)13-5-8-20(9-6-13)16(23)24-3/h7,10,13H,4-6,8-9,11H2,1-3H3. The first-order valence-electron chi connectivity index (χ1n) is 8.36. The van der Waals surface area contributed by atoms with E-state index in [0.717, 1.165) is 36.9 Å². The van der Waals surface area contributed by atoms with Crippen molar-refractivity contribution in [1.29, 1.82) is 0 Å². The van der Waals surface area contributed by atoms with Gasteiger partial charge in [0.15, 0.2) is 5.82 Å². The molecule has 8 nitrogen and oxygen atoms in total. The van der Waals surface area contributed by atoms with Gasteiger partial charge in [-0.25, -0.2) is 9.78 Å². The summed E-state index contributed by atoms with van der Waals surface area (Å²) in [6, 6.07) is 0. The molecule has 3 rings (SSSR count). The van der Waals surface area contributed by atoms with Crippen LogP contribution in [0.1, 0.15) is 43.2 Å². The molecule has 24 heavy (non-hydrogen) atoms. The fraction of sp³-hybridized carbons (Fsp3) is 0.625. The molecule has 0 unspecified atom stereocenters. The fourth-order valence-electron chi connectivity index (χ4n) is 3.29. The molecule has 2 aromatic heterocycles. The van der Waals surface area contributed by atoms with E-state index in [0.29, 0.717) is 25.6 Å². The summed E-state index contributed by atoms with van der Waals surface area (Å²) in [6.07, 6.45) is 5.28. The maximum absolute atomic E-state index is 11.6. The van der Waals surface area contributed by atoms with Crippen molar-refractivity contribution in [1.82, 2.24) is 29.2 Å². The molecule has 0 saturated carbocycles. The van der Waals surface area contributed by atoms with Crippen LogP contribution in [0, 0.1) is 6.92 Å². The lowest BCUT2D eigenvalue weighted by molar-refractivity contribution is 0.111. The number of amides is 1. The summed E-state index contributed by atoms with van der Waals surface area (Å²) in [5.74, 6) is 3.27. The van der Waals surface area contributed by atoms with Crippen molar-refractivity contribution in [2.75, 3.05) is 20.2 Å². The van der Waals surface area contributed by atoms with Crippen LogP contribution in [0.2, 0.25) is 0 Å². The smallest absolute Gasteiger partial charge is 0.409 e. The average molecular weight is 332 g/mol. The van der Waals surface area contributed by atoms with Crippen LogP contribution in [0.25, 0.3) is 0 Å². The SMILES string of the molecule is CCn1c(Cn2ccnc2C)nnc1C1CCN(C(=O)OC)CC1. The molecule has 1 amide bonds. The lowest BCUT2D eigenvalue weighted by Crippen LogP contribution is -2.38. The first kappa shape index (κ1) is 16.5. The number of nitrogens with zero attached hydrogens (tertiary/aromatic N) is 6. The van der Waals surface area contributed by atoms with E-state index in [9.17, 15) is 4.79 Å². The molecule has 1 fully saturated rings. The Kier molecular flexibility index (Phi) is 4.82. The molecule has 1 aliphatic heterocycles. The van der Waals surface area contributed by atoms with Crippen molar-refractivity contribution in [3.63, 3.8) is 0 Å². The van der Waals surface area contributed by atoms with Crippen LogP contribution < -0.4 is 0 Å². The van der Waals surface area contributed by atoms with Gasteiger partial charge in [-0.15, -0.1) is 10.2 Å². The van der Waals surface area contributed by atoms with Crippen LogP contribution in [0.5, 0.6) is 0 Å². The van der Waals surface area contributed by atoms with Crippen molar-refractivity contribution in [3.8, 4) is 0 Å². The maximum Gasteiger partial charge on any atom is 0.409 e. The van der Waals surface area contributed by atoms with Gasteiger partial charge in [-0.05, 0) is 26.7 Å². The van der Waals surface area contributed by atoms with Gasteiger partial charge in [-0.2, -0.15) is 0 Å². The van der Waals surface area contributed by atoms with E-state index in [1.807, 2.05) is 13.1 Å². The predicted octanol–water partition coefficient (Wildman–Crippen LogP) is 1.80. The Morgan fingerprint density at radius 1 is 1.33 bits per heavy atom. The Morgan fingerprint density at radius 3 is 2.67 bits per heavy atom. The summed E-state index contributed by atoms with van der Waals surface area (Å²) in [6.45, 7) is 7.00. The Morgan fingerprint density at radius 2 is 2.08 bits per heavy atom. The highest BCUT2D eigenvalue weighted by molar-refractivity contribution is 5.67. The second kappa shape index (κ2) is 7.02. The third-order valence-corrected chi connectivity index (χ3v) is 4.70. The van der Waals surface area contributed by atoms with E-state index >= 15 is 0 Å². The second-order valence-corrected chi connectivity index (χ2v) is 6.05. The molecule has 0 bridgehead atoms. The minimum Gasteiger partial charge on any atom is -0.453 e. The van der Waals surface area contributed by atoms with Crippen LogP contribution >= 0.6 is 0 Å². The zero-order chi connectivity index (χ0) is 17.1. The van der Waals surface area contributed by atoms with Gasteiger partial charge in [0.1, 0.15) is 11.6 Å². The van der Waals surface area contributed by atoms with Gasteiger partial charge in [-0.1, -0.05) is 0 Å². The highest BCUT2D eigenvalue weighted by atomic mass is 16.5. The van der Waals surface area contributed by atoms with Gasteiger partial charge in [0.05, 0.1) is 13.7 Å². The molecule has 2 aromatic rings. The summed E-state index contributed by atoms with van der Waals surface area (Å²) in [4.78, 5) is 17.6. The number of imidazole rings is 1. The monoisotopic (exact) mass is 332 g/mol. The van der Waals surface area contributed by atoms with E-state index in [1.54, 1.807) is 11.1 Å². The Labute approximate surface area is 141 Å². The van der Waals surface area contributed by atoms with Crippen LogP contribution in [0.4, 0.5) is 4.79 Å². The van der Waals surface area contributed by atoms with Gasteiger partial charge in [0.2, 0.25) is 0 Å². The number of carbonyl (C=O) groups excluding carboxylic acids is 1. The zero-order valence-electron chi connectivity index (χ0n) is 14.5. The van der Waals surface area contributed by atoms with E-state index < -0.39 is 0 Å². The van der Waals surface area contributed by atoms with Gasteiger partial charge in [0.25, 0.3) is 0 Å². The van der Waals surface area contributed by atoms with Crippen LogP contribution in [0.15, 0.2) is 12.4 Å². The number of piperidine rings is 1. The van der Waals surface area contributed by atoms with E-state index in [4.69, 9.17) is 4.74 Å². The molecule has 0 radical (unpaired) electrons. The van der Waals surface area contributed by atoms with Crippen LogP contribution in [0.3, 0.4) is 0 Å². The Hall–Kier alpha value is -2.38. The number of hydrogen-bond acceptors (Lipinski definition) is 5. The van der Waals surface area contributed by atoms with Gasteiger partial charge in [-0.3, -0.25) is 0 Å². The van der Waals surface area contributed by atoms with Crippen molar-refractivity contribution in [3.05, 3.63) is 29.9 Å².